The number of hydrogen-bond donors (Lipinski definition) is 1. The largest absolute Gasteiger partial charge is 0.573 e. The number of ether oxygens (including phenoxy) is 1. The first-order valence-electron chi connectivity index (χ1n) is 6.48. The van der Waals surface area contributed by atoms with Crippen LogP contribution >= 0.6 is 0 Å². The van der Waals surface area contributed by atoms with Crippen LogP contribution < -0.4 is 10.5 Å². The number of nitrogens with two attached hydrogens (primary N) is 1. The predicted molar refractivity (Wildman–Crippen MR) is 69.1 cm³/mol. The molecule has 1 aromatic carbocycles. The number of benzene rings is 1. The molecular weight excluding hydrogens is 255 g/mol. The van der Waals surface area contributed by atoms with Crippen molar-refractivity contribution in [2.24, 2.45) is 5.73 Å². The molecule has 0 aliphatic heterocycles. The van der Waals surface area contributed by atoms with E-state index in [-0.39, 0.29) is 5.75 Å². The summed E-state index contributed by atoms with van der Waals surface area (Å²) in [4.78, 5) is 0. The van der Waals surface area contributed by atoms with E-state index in [1.807, 2.05) is 0 Å². The first-order chi connectivity index (χ1) is 9.04. The van der Waals surface area contributed by atoms with Crippen molar-refractivity contribution < 1.29 is 17.9 Å². The van der Waals surface area contributed by atoms with Gasteiger partial charge in [-0.3, -0.25) is 0 Å². The van der Waals surface area contributed by atoms with Crippen molar-refractivity contribution >= 4 is 0 Å². The fourth-order valence-electron chi connectivity index (χ4n) is 2.38. The minimum absolute atomic E-state index is 0.142. The maximum atomic E-state index is 12.0. The van der Waals surface area contributed by atoms with Crippen molar-refractivity contribution in [3.8, 4) is 5.75 Å². The van der Waals surface area contributed by atoms with Gasteiger partial charge in [0.15, 0.2) is 0 Å². The van der Waals surface area contributed by atoms with Crippen LogP contribution in [0.5, 0.6) is 5.75 Å². The molecule has 1 aliphatic rings. The number of alkyl halides is 3. The van der Waals surface area contributed by atoms with Crippen molar-refractivity contribution in [2.45, 2.75) is 44.4 Å². The SMILES string of the molecule is CN.FC(F)(F)Oc1ccc(C2CCCCC2)cc1. The molecule has 2 nitrogen and oxygen atoms in total. The predicted octanol–water partition coefficient (Wildman–Crippen LogP) is 4.21. The fourth-order valence-corrected chi connectivity index (χ4v) is 2.38. The van der Waals surface area contributed by atoms with Crippen LogP contribution in [0.2, 0.25) is 0 Å². The Morgan fingerprint density at radius 1 is 1.00 bits per heavy atom. The second kappa shape index (κ2) is 7.38. The first kappa shape index (κ1) is 15.8. The Bertz CT molecular complexity index is 356. The Morgan fingerprint density at radius 2 is 1.53 bits per heavy atom. The lowest BCUT2D eigenvalue weighted by molar-refractivity contribution is -0.274. The quantitative estimate of drug-likeness (QED) is 0.877. The third-order valence-electron chi connectivity index (χ3n) is 3.19. The van der Waals surface area contributed by atoms with Gasteiger partial charge in [0.1, 0.15) is 5.75 Å². The van der Waals surface area contributed by atoms with Gasteiger partial charge in [0, 0.05) is 0 Å². The average Bonchev–Trinajstić information content (AvgIpc) is 2.41. The van der Waals surface area contributed by atoms with Gasteiger partial charge in [0.25, 0.3) is 0 Å². The molecule has 1 fully saturated rings. The van der Waals surface area contributed by atoms with Crippen LogP contribution in [-0.4, -0.2) is 13.4 Å². The van der Waals surface area contributed by atoms with Crippen molar-refractivity contribution in [2.75, 3.05) is 7.05 Å². The van der Waals surface area contributed by atoms with E-state index in [0.717, 1.165) is 18.4 Å². The van der Waals surface area contributed by atoms with E-state index in [0.29, 0.717) is 5.92 Å². The summed E-state index contributed by atoms with van der Waals surface area (Å²) in [6.07, 6.45) is 1.37. The van der Waals surface area contributed by atoms with Gasteiger partial charge in [-0.1, -0.05) is 31.4 Å². The van der Waals surface area contributed by atoms with Crippen molar-refractivity contribution in [3.05, 3.63) is 29.8 Å². The molecule has 0 aromatic heterocycles. The highest BCUT2D eigenvalue weighted by Gasteiger charge is 2.31. The molecule has 19 heavy (non-hydrogen) atoms. The standard InChI is InChI=1S/C13H15F3O.CH5N/c14-13(15,16)17-12-8-6-11(7-9-12)10-4-2-1-3-5-10;1-2/h6-10H,1-5H2;2H2,1H3. The van der Waals surface area contributed by atoms with Crippen molar-refractivity contribution in [1.29, 1.82) is 0 Å². The molecule has 2 rings (SSSR count). The lowest BCUT2D eigenvalue weighted by Gasteiger charge is -2.22. The van der Waals surface area contributed by atoms with Gasteiger partial charge in [-0.25, -0.2) is 0 Å². The minimum Gasteiger partial charge on any atom is -0.406 e. The summed E-state index contributed by atoms with van der Waals surface area (Å²) >= 11 is 0. The maximum absolute atomic E-state index is 12.0. The normalized spacial score (nSPS) is 16.5. The molecular formula is C14H20F3NO. The van der Waals surface area contributed by atoms with Gasteiger partial charge in [-0.2, -0.15) is 0 Å². The summed E-state index contributed by atoms with van der Waals surface area (Å²) < 4.78 is 39.8. The van der Waals surface area contributed by atoms with Crippen LogP contribution in [0.15, 0.2) is 24.3 Å². The molecule has 0 heterocycles. The van der Waals surface area contributed by atoms with Crippen LogP contribution in [0.25, 0.3) is 0 Å². The van der Waals surface area contributed by atoms with E-state index in [9.17, 15) is 13.2 Å². The Labute approximate surface area is 111 Å². The van der Waals surface area contributed by atoms with E-state index < -0.39 is 6.36 Å². The minimum atomic E-state index is -4.60. The zero-order valence-corrected chi connectivity index (χ0v) is 11.0. The van der Waals surface area contributed by atoms with E-state index >= 15 is 0 Å². The van der Waals surface area contributed by atoms with Crippen molar-refractivity contribution in [3.63, 3.8) is 0 Å². The highest BCUT2D eigenvalue weighted by atomic mass is 19.4. The zero-order chi connectivity index (χ0) is 14.3. The van der Waals surface area contributed by atoms with Gasteiger partial charge in [0.05, 0.1) is 0 Å². The summed E-state index contributed by atoms with van der Waals surface area (Å²) in [7, 11) is 1.50. The molecule has 0 amide bonds. The number of hydrogen-bond acceptors (Lipinski definition) is 2. The summed E-state index contributed by atoms with van der Waals surface area (Å²) in [5.74, 6) is 0.362. The molecule has 1 aromatic rings. The Hall–Kier alpha value is -1.23. The lowest BCUT2D eigenvalue weighted by atomic mass is 9.84. The second-order valence-electron chi connectivity index (χ2n) is 4.45. The topological polar surface area (TPSA) is 35.2 Å². The van der Waals surface area contributed by atoms with Crippen LogP contribution in [0.1, 0.15) is 43.6 Å². The van der Waals surface area contributed by atoms with Crippen molar-refractivity contribution in [1.82, 2.24) is 0 Å². The van der Waals surface area contributed by atoms with E-state index in [2.05, 4.69) is 10.5 Å². The highest BCUT2D eigenvalue weighted by molar-refractivity contribution is 5.29. The molecule has 1 saturated carbocycles. The third kappa shape index (κ3) is 5.51. The third-order valence-corrected chi connectivity index (χ3v) is 3.19. The molecule has 0 saturated heterocycles. The fraction of sp³-hybridized carbons (Fsp3) is 0.571. The summed E-state index contributed by atoms with van der Waals surface area (Å²) in [6.45, 7) is 0. The van der Waals surface area contributed by atoms with Gasteiger partial charge >= 0.3 is 6.36 Å². The lowest BCUT2D eigenvalue weighted by Crippen LogP contribution is -2.17. The van der Waals surface area contributed by atoms with Crippen LogP contribution in [0.3, 0.4) is 0 Å². The summed E-state index contributed by atoms with van der Waals surface area (Å²) in [6, 6.07) is 6.29. The second-order valence-corrected chi connectivity index (χ2v) is 4.45. The Kier molecular flexibility index (Phi) is 6.15. The Balaban J connectivity index is 0.000000861. The van der Waals surface area contributed by atoms with E-state index in [1.165, 1.54) is 38.4 Å². The van der Waals surface area contributed by atoms with Gasteiger partial charge in [-0.15, -0.1) is 13.2 Å². The van der Waals surface area contributed by atoms with E-state index in [4.69, 9.17) is 0 Å². The maximum Gasteiger partial charge on any atom is 0.573 e. The monoisotopic (exact) mass is 275 g/mol. The summed E-state index contributed by atoms with van der Waals surface area (Å²) in [5, 5.41) is 0. The molecule has 2 N–H and O–H groups in total. The van der Waals surface area contributed by atoms with Gasteiger partial charge in [-0.05, 0) is 43.5 Å². The molecule has 108 valence electrons. The molecule has 0 atom stereocenters. The van der Waals surface area contributed by atoms with Gasteiger partial charge < -0.3 is 10.5 Å². The Morgan fingerprint density at radius 3 is 2.00 bits per heavy atom. The van der Waals surface area contributed by atoms with Crippen LogP contribution in [0, 0.1) is 0 Å². The van der Waals surface area contributed by atoms with Crippen LogP contribution in [-0.2, 0) is 0 Å². The number of halogens is 3. The molecule has 0 radical (unpaired) electrons. The summed E-state index contributed by atoms with van der Waals surface area (Å²) in [5.41, 5.74) is 5.62. The van der Waals surface area contributed by atoms with Crippen LogP contribution in [0.4, 0.5) is 13.2 Å². The van der Waals surface area contributed by atoms with Gasteiger partial charge in [0.2, 0.25) is 0 Å². The average molecular weight is 275 g/mol. The molecule has 5 heteroatoms. The van der Waals surface area contributed by atoms with E-state index in [1.54, 1.807) is 12.1 Å². The molecule has 0 unspecified atom stereocenters. The smallest absolute Gasteiger partial charge is 0.406 e. The first-order valence-corrected chi connectivity index (χ1v) is 6.48. The molecule has 0 bridgehead atoms. The zero-order valence-electron chi connectivity index (χ0n) is 11.0. The molecule has 1 aliphatic carbocycles. The number of rotatable bonds is 2. The highest BCUT2D eigenvalue weighted by Crippen LogP contribution is 2.33. The molecule has 0 spiro atoms.